The van der Waals surface area contributed by atoms with E-state index in [9.17, 15) is 9.59 Å². The van der Waals surface area contributed by atoms with E-state index in [1.54, 1.807) is 9.80 Å². The summed E-state index contributed by atoms with van der Waals surface area (Å²) >= 11 is 0. The minimum absolute atomic E-state index is 0.0174. The molecule has 0 radical (unpaired) electrons. The van der Waals surface area contributed by atoms with E-state index >= 15 is 0 Å². The number of aryl methyl sites for hydroxylation is 1. The second-order valence-electron chi connectivity index (χ2n) is 5.35. The number of benzene rings is 1. The summed E-state index contributed by atoms with van der Waals surface area (Å²) in [5.41, 5.74) is 2.01. The van der Waals surface area contributed by atoms with Crippen molar-refractivity contribution in [1.29, 1.82) is 0 Å². The van der Waals surface area contributed by atoms with Crippen LogP contribution < -0.4 is 4.90 Å². The van der Waals surface area contributed by atoms with Gasteiger partial charge in [0.2, 0.25) is 11.8 Å². The van der Waals surface area contributed by atoms with Gasteiger partial charge in [0.1, 0.15) is 13.2 Å². The number of amides is 2. The molecule has 1 aromatic carbocycles. The third-order valence-electron chi connectivity index (χ3n) is 3.65. The molecule has 1 fully saturated rings. The third kappa shape index (κ3) is 3.61. The molecule has 0 N–H and O–H groups in total. The summed E-state index contributed by atoms with van der Waals surface area (Å²) in [5, 5.41) is 0. The summed E-state index contributed by atoms with van der Waals surface area (Å²) in [6.07, 6.45) is 0. The van der Waals surface area contributed by atoms with E-state index in [1.807, 2.05) is 45.0 Å². The van der Waals surface area contributed by atoms with Gasteiger partial charge in [-0.25, -0.2) is 0 Å². The van der Waals surface area contributed by atoms with Crippen LogP contribution in [-0.2, 0) is 14.3 Å². The van der Waals surface area contributed by atoms with Crippen LogP contribution in [0.4, 0.5) is 5.69 Å². The first-order valence-corrected chi connectivity index (χ1v) is 7.27. The molecule has 0 bridgehead atoms. The largest absolute Gasteiger partial charge is 0.372 e. The number of hydrogen-bond acceptors (Lipinski definition) is 3. The smallest absolute Gasteiger partial charge is 0.249 e. The minimum atomic E-state index is -0.124. The highest BCUT2D eigenvalue weighted by molar-refractivity contribution is 5.98. The van der Waals surface area contributed by atoms with Gasteiger partial charge < -0.3 is 14.5 Å². The lowest BCUT2D eigenvalue weighted by molar-refractivity contribution is -0.143. The number of anilines is 1. The van der Waals surface area contributed by atoms with Crippen LogP contribution in [0.15, 0.2) is 24.3 Å². The number of carbonyl (C=O) groups is 2. The van der Waals surface area contributed by atoms with Crippen LogP contribution in [0.3, 0.4) is 0 Å². The number of ether oxygens (including phenoxy) is 1. The molecule has 0 aliphatic carbocycles. The maximum atomic E-state index is 12.3. The molecule has 2 amide bonds. The topological polar surface area (TPSA) is 49.9 Å². The van der Waals surface area contributed by atoms with Crippen molar-refractivity contribution < 1.29 is 14.3 Å². The fraction of sp³-hybridized carbons (Fsp3) is 0.500. The van der Waals surface area contributed by atoms with Crippen molar-refractivity contribution in [3.8, 4) is 0 Å². The number of hydrogen-bond donors (Lipinski definition) is 0. The van der Waals surface area contributed by atoms with Gasteiger partial charge >= 0.3 is 0 Å². The van der Waals surface area contributed by atoms with Crippen molar-refractivity contribution in [1.82, 2.24) is 4.90 Å². The predicted octanol–water partition coefficient (Wildman–Crippen LogP) is 1.60. The average Bonchev–Trinajstić information content (AvgIpc) is 2.46. The first-order valence-electron chi connectivity index (χ1n) is 7.27. The summed E-state index contributed by atoms with van der Waals surface area (Å²) in [6, 6.07) is 7.84. The van der Waals surface area contributed by atoms with E-state index < -0.39 is 0 Å². The van der Waals surface area contributed by atoms with Gasteiger partial charge in [-0.15, -0.1) is 0 Å². The highest BCUT2D eigenvalue weighted by Crippen LogP contribution is 2.21. The lowest BCUT2D eigenvalue weighted by atomic mass is 10.1. The molecule has 0 aromatic heterocycles. The zero-order valence-corrected chi connectivity index (χ0v) is 12.8. The summed E-state index contributed by atoms with van der Waals surface area (Å²) < 4.78 is 5.14. The summed E-state index contributed by atoms with van der Waals surface area (Å²) in [7, 11) is 0. The number of rotatable bonds is 4. The van der Waals surface area contributed by atoms with Crippen LogP contribution in [0.1, 0.15) is 19.4 Å². The Morgan fingerprint density at radius 2 is 2.19 bits per heavy atom. The van der Waals surface area contributed by atoms with Crippen molar-refractivity contribution in [3.05, 3.63) is 29.8 Å². The SMILES string of the molecule is CCOCC(=O)N1CC(=O)N(c2cccc(C)c2)C[C@H]1C. The Morgan fingerprint density at radius 1 is 1.43 bits per heavy atom. The fourth-order valence-electron chi connectivity index (χ4n) is 2.50. The molecule has 0 saturated carbocycles. The Labute approximate surface area is 125 Å². The number of piperazine rings is 1. The molecule has 1 aromatic rings. The van der Waals surface area contributed by atoms with E-state index in [2.05, 4.69) is 0 Å². The molecular weight excluding hydrogens is 268 g/mol. The highest BCUT2D eigenvalue weighted by Gasteiger charge is 2.33. The Hall–Kier alpha value is -1.88. The van der Waals surface area contributed by atoms with Gasteiger partial charge in [-0.2, -0.15) is 0 Å². The number of nitrogens with zero attached hydrogens (tertiary/aromatic N) is 2. The van der Waals surface area contributed by atoms with Gasteiger partial charge in [-0.05, 0) is 38.5 Å². The Balaban J connectivity index is 2.08. The van der Waals surface area contributed by atoms with Crippen LogP contribution in [0.25, 0.3) is 0 Å². The quantitative estimate of drug-likeness (QED) is 0.846. The van der Waals surface area contributed by atoms with Crippen molar-refractivity contribution in [2.45, 2.75) is 26.8 Å². The van der Waals surface area contributed by atoms with Crippen molar-refractivity contribution in [2.75, 3.05) is 31.2 Å². The average molecular weight is 290 g/mol. The van der Waals surface area contributed by atoms with Crippen LogP contribution in [0.2, 0.25) is 0 Å². The lowest BCUT2D eigenvalue weighted by Crippen LogP contribution is -2.57. The van der Waals surface area contributed by atoms with Gasteiger partial charge in [0.05, 0.1) is 0 Å². The highest BCUT2D eigenvalue weighted by atomic mass is 16.5. The maximum Gasteiger partial charge on any atom is 0.249 e. The molecular formula is C16H22N2O3. The molecule has 5 heteroatoms. The lowest BCUT2D eigenvalue weighted by Gasteiger charge is -2.39. The number of carbonyl (C=O) groups excluding carboxylic acids is 2. The standard InChI is InChI=1S/C16H22N2O3/c1-4-21-11-16(20)17-10-15(19)18(9-13(17)3)14-7-5-6-12(2)8-14/h5-8,13H,4,9-11H2,1-3H3/t13-/m1/s1. The Kier molecular flexibility index (Phi) is 4.96. The van der Waals surface area contributed by atoms with Gasteiger partial charge in [-0.1, -0.05) is 12.1 Å². The Morgan fingerprint density at radius 3 is 2.86 bits per heavy atom. The van der Waals surface area contributed by atoms with Gasteiger partial charge in [0.25, 0.3) is 0 Å². The monoisotopic (exact) mass is 290 g/mol. The van der Waals surface area contributed by atoms with Crippen LogP contribution in [-0.4, -0.2) is 49.1 Å². The van der Waals surface area contributed by atoms with Gasteiger partial charge in [-0.3, -0.25) is 9.59 Å². The van der Waals surface area contributed by atoms with Gasteiger partial charge in [0, 0.05) is 24.9 Å². The van der Waals surface area contributed by atoms with Crippen molar-refractivity contribution in [3.63, 3.8) is 0 Å². The van der Waals surface area contributed by atoms with Crippen LogP contribution in [0.5, 0.6) is 0 Å². The molecule has 0 unspecified atom stereocenters. The summed E-state index contributed by atoms with van der Waals surface area (Å²) in [5.74, 6) is -0.176. The zero-order valence-electron chi connectivity index (χ0n) is 12.8. The third-order valence-corrected chi connectivity index (χ3v) is 3.65. The van der Waals surface area contributed by atoms with E-state index in [-0.39, 0.29) is 31.0 Å². The van der Waals surface area contributed by atoms with E-state index in [0.717, 1.165) is 11.3 Å². The van der Waals surface area contributed by atoms with E-state index in [0.29, 0.717) is 13.2 Å². The van der Waals surface area contributed by atoms with E-state index in [1.165, 1.54) is 0 Å². The first-order chi connectivity index (χ1) is 10.0. The first kappa shape index (κ1) is 15.5. The molecule has 0 spiro atoms. The Bertz CT molecular complexity index is 530. The van der Waals surface area contributed by atoms with Crippen molar-refractivity contribution >= 4 is 17.5 Å². The maximum absolute atomic E-state index is 12.3. The second kappa shape index (κ2) is 6.72. The van der Waals surface area contributed by atoms with Crippen LogP contribution in [0, 0.1) is 6.92 Å². The molecule has 114 valence electrons. The molecule has 1 aliphatic heterocycles. The molecule has 21 heavy (non-hydrogen) atoms. The summed E-state index contributed by atoms with van der Waals surface area (Å²) in [4.78, 5) is 27.7. The molecule has 1 heterocycles. The molecule has 1 saturated heterocycles. The zero-order chi connectivity index (χ0) is 15.4. The molecule has 1 aliphatic rings. The van der Waals surface area contributed by atoms with Crippen LogP contribution >= 0.6 is 0 Å². The fourth-order valence-corrected chi connectivity index (χ4v) is 2.50. The molecule has 5 nitrogen and oxygen atoms in total. The second-order valence-corrected chi connectivity index (χ2v) is 5.35. The van der Waals surface area contributed by atoms with E-state index in [4.69, 9.17) is 4.74 Å². The normalized spacial score (nSPS) is 19.0. The summed E-state index contributed by atoms with van der Waals surface area (Å²) in [6.45, 7) is 6.97. The molecule has 2 rings (SSSR count). The predicted molar refractivity (Wildman–Crippen MR) is 81.2 cm³/mol. The minimum Gasteiger partial charge on any atom is -0.372 e. The van der Waals surface area contributed by atoms with Gasteiger partial charge in [0.15, 0.2) is 0 Å². The molecule has 1 atom stereocenters. The van der Waals surface area contributed by atoms with Crippen molar-refractivity contribution in [2.24, 2.45) is 0 Å².